The van der Waals surface area contributed by atoms with E-state index in [1.54, 1.807) is 30.3 Å². The molecule has 0 spiro atoms. The predicted molar refractivity (Wildman–Crippen MR) is 103 cm³/mol. The van der Waals surface area contributed by atoms with E-state index in [-0.39, 0.29) is 49.3 Å². The van der Waals surface area contributed by atoms with Gasteiger partial charge in [0.2, 0.25) is 5.91 Å². The van der Waals surface area contributed by atoms with Crippen molar-refractivity contribution in [1.29, 1.82) is 0 Å². The number of carbonyl (C=O) groups is 2. The molecule has 8 heteroatoms. The number of hydrogen-bond donors (Lipinski definition) is 3. The fraction of sp³-hybridized carbons (Fsp3) is 0.381. The van der Waals surface area contributed by atoms with Gasteiger partial charge >= 0.3 is 0 Å². The van der Waals surface area contributed by atoms with Crippen LogP contribution < -0.4 is 10.6 Å². The standard InChI is InChI=1S/C21H24FN3O4/c22-15-5-3-4-14(10-15)12-24-20(27)11-16-7-8-17(19(13-26)29-16)25-21(28)18-6-1-2-9-23-18/h1-6,9-10,16-17,19,26H,7-8,11-13H2,(H,24,27)(H,25,28)/t16-,17+,19+/m1/s1. The summed E-state index contributed by atoms with van der Waals surface area (Å²) in [7, 11) is 0. The molecule has 1 saturated heterocycles. The first-order chi connectivity index (χ1) is 14.0. The van der Waals surface area contributed by atoms with Crippen molar-refractivity contribution in [3.8, 4) is 0 Å². The molecule has 1 fully saturated rings. The number of rotatable bonds is 7. The molecule has 29 heavy (non-hydrogen) atoms. The summed E-state index contributed by atoms with van der Waals surface area (Å²) in [5.74, 6) is -0.896. The molecule has 0 bridgehead atoms. The van der Waals surface area contributed by atoms with E-state index in [1.807, 2.05) is 0 Å². The van der Waals surface area contributed by atoms with E-state index in [4.69, 9.17) is 4.74 Å². The van der Waals surface area contributed by atoms with E-state index in [2.05, 4.69) is 15.6 Å². The molecule has 0 unspecified atom stereocenters. The number of pyridine rings is 1. The minimum absolute atomic E-state index is 0.132. The number of amides is 2. The number of aliphatic hydroxyl groups excluding tert-OH is 1. The van der Waals surface area contributed by atoms with Crippen molar-refractivity contribution in [2.45, 2.75) is 44.1 Å². The van der Waals surface area contributed by atoms with Crippen LogP contribution in [0.15, 0.2) is 48.7 Å². The first kappa shape index (κ1) is 20.9. The molecule has 0 radical (unpaired) electrons. The van der Waals surface area contributed by atoms with Gasteiger partial charge in [-0.2, -0.15) is 0 Å². The Morgan fingerprint density at radius 1 is 1.21 bits per heavy atom. The third-order valence-corrected chi connectivity index (χ3v) is 4.80. The average Bonchev–Trinajstić information content (AvgIpc) is 2.74. The number of nitrogens with one attached hydrogen (secondary N) is 2. The Bertz CT molecular complexity index is 834. The Hall–Kier alpha value is -2.84. The lowest BCUT2D eigenvalue weighted by molar-refractivity contribution is -0.131. The van der Waals surface area contributed by atoms with Crippen LogP contribution in [-0.4, -0.2) is 46.8 Å². The highest BCUT2D eigenvalue weighted by Gasteiger charge is 2.33. The van der Waals surface area contributed by atoms with Gasteiger partial charge < -0.3 is 20.5 Å². The van der Waals surface area contributed by atoms with Crippen molar-refractivity contribution in [1.82, 2.24) is 15.6 Å². The zero-order chi connectivity index (χ0) is 20.6. The molecule has 2 amide bonds. The number of carbonyl (C=O) groups excluding carboxylic acids is 2. The van der Waals surface area contributed by atoms with Gasteiger partial charge in [0.05, 0.1) is 25.2 Å². The van der Waals surface area contributed by atoms with Crippen molar-refractivity contribution in [3.05, 3.63) is 65.7 Å². The molecule has 7 nitrogen and oxygen atoms in total. The highest BCUT2D eigenvalue weighted by atomic mass is 19.1. The number of aliphatic hydroxyl groups is 1. The Labute approximate surface area is 168 Å². The van der Waals surface area contributed by atoms with E-state index in [9.17, 15) is 19.1 Å². The quantitative estimate of drug-likeness (QED) is 0.654. The van der Waals surface area contributed by atoms with Crippen molar-refractivity contribution in [2.75, 3.05) is 6.61 Å². The lowest BCUT2D eigenvalue weighted by atomic mass is 9.96. The van der Waals surface area contributed by atoms with Crippen LogP contribution in [0.2, 0.25) is 0 Å². The monoisotopic (exact) mass is 401 g/mol. The summed E-state index contributed by atoms with van der Waals surface area (Å²) in [5.41, 5.74) is 0.969. The number of aromatic nitrogens is 1. The Kier molecular flexibility index (Phi) is 7.26. The normalized spacial score (nSPS) is 21.4. The topological polar surface area (TPSA) is 101 Å². The SMILES string of the molecule is O=C(C[C@H]1CC[C@H](NC(=O)c2ccccn2)[C@H](CO)O1)NCc1cccc(F)c1. The van der Waals surface area contributed by atoms with Crippen LogP contribution in [0, 0.1) is 5.82 Å². The fourth-order valence-corrected chi connectivity index (χ4v) is 3.31. The molecule has 2 aromatic rings. The molecule has 1 aliphatic rings. The number of benzene rings is 1. The third kappa shape index (κ3) is 6.07. The molecule has 3 rings (SSSR count). The summed E-state index contributed by atoms with van der Waals surface area (Å²) in [4.78, 5) is 28.5. The highest BCUT2D eigenvalue weighted by molar-refractivity contribution is 5.92. The number of hydrogen-bond acceptors (Lipinski definition) is 5. The molecule has 1 aromatic heterocycles. The zero-order valence-electron chi connectivity index (χ0n) is 15.9. The lowest BCUT2D eigenvalue weighted by Gasteiger charge is -2.35. The highest BCUT2D eigenvalue weighted by Crippen LogP contribution is 2.22. The van der Waals surface area contributed by atoms with Gasteiger partial charge in [0.25, 0.3) is 5.91 Å². The van der Waals surface area contributed by atoms with Crippen LogP contribution in [-0.2, 0) is 16.1 Å². The van der Waals surface area contributed by atoms with Gasteiger partial charge in [-0.15, -0.1) is 0 Å². The summed E-state index contributed by atoms with van der Waals surface area (Å²) in [6.45, 7) is -0.0376. The molecule has 0 saturated carbocycles. The van der Waals surface area contributed by atoms with Gasteiger partial charge in [-0.3, -0.25) is 14.6 Å². The van der Waals surface area contributed by atoms with Crippen LogP contribution in [0.4, 0.5) is 4.39 Å². The molecule has 1 aromatic carbocycles. The number of halogens is 1. The van der Waals surface area contributed by atoms with Crippen molar-refractivity contribution >= 4 is 11.8 Å². The molecule has 2 heterocycles. The zero-order valence-corrected chi connectivity index (χ0v) is 15.9. The average molecular weight is 401 g/mol. The molecular weight excluding hydrogens is 377 g/mol. The van der Waals surface area contributed by atoms with Crippen LogP contribution in [0.3, 0.4) is 0 Å². The minimum atomic E-state index is -0.600. The summed E-state index contributed by atoms with van der Waals surface area (Å²) >= 11 is 0. The molecule has 154 valence electrons. The Morgan fingerprint density at radius 2 is 2.07 bits per heavy atom. The van der Waals surface area contributed by atoms with Crippen molar-refractivity contribution < 1.29 is 23.8 Å². The molecule has 3 atom stereocenters. The van der Waals surface area contributed by atoms with Gasteiger partial charge in [0, 0.05) is 12.7 Å². The van der Waals surface area contributed by atoms with E-state index < -0.39 is 6.10 Å². The Morgan fingerprint density at radius 3 is 2.79 bits per heavy atom. The smallest absolute Gasteiger partial charge is 0.270 e. The number of nitrogens with zero attached hydrogens (tertiary/aromatic N) is 1. The molecule has 3 N–H and O–H groups in total. The van der Waals surface area contributed by atoms with Crippen molar-refractivity contribution in [2.24, 2.45) is 0 Å². The summed E-state index contributed by atoms with van der Waals surface area (Å²) in [5, 5.41) is 15.2. The van der Waals surface area contributed by atoms with Crippen LogP contribution in [0.5, 0.6) is 0 Å². The second-order valence-corrected chi connectivity index (χ2v) is 6.96. The summed E-state index contributed by atoms with van der Waals surface area (Å²) in [6.07, 6.45) is 1.85. The van der Waals surface area contributed by atoms with Crippen LogP contribution >= 0.6 is 0 Å². The van der Waals surface area contributed by atoms with E-state index in [0.29, 0.717) is 24.1 Å². The van der Waals surface area contributed by atoms with E-state index >= 15 is 0 Å². The maximum Gasteiger partial charge on any atom is 0.270 e. The molecular formula is C21H24FN3O4. The molecule has 1 aliphatic heterocycles. The maximum atomic E-state index is 13.2. The first-order valence-electron chi connectivity index (χ1n) is 9.54. The van der Waals surface area contributed by atoms with Gasteiger partial charge in [-0.05, 0) is 42.7 Å². The van der Waals surface area contributed by atoms with Crippen molar-refractivity contribution in [3.63, 3.8) is 0 Å². The van der Waals surface area contributed by atoms with Gasteiger partial charge in [-0.1, -0.05) is 18.2 Å². The van der Waals surface area contributed by atoms with E-state index in [1.165, 1.54) is 18.3 Å². The maximum absolute atomic E-state index is 13.2. The second-order valence-electron chi connectivity index (χ2n) is 6.96. The first-order valence-corrected chi connectivity index (χ1v) is 9.54. The third-order valence-electron chi connectivity index (χ3n) is 4.80. The van der Waals surface area contributed by atoms with E-state index in [0.717, 1.165) is 0 Å². The minimum Gasteiger partial charge on any atom is -0.394 e. The largest absolute Gasteiger partial charge is 0.394 e. The molecule has 0 aliphatic carbocycles. The fourth-order valence-electron chi connectivity index (χ4n) is 3.31. The second kappa shape index (κ2) is 10.1. The van der Waals surface area contributed by atoms with Crippen LogP contribution in [0.25, 0.3) is 0 Å². The summed E-state index contributed by atoms with van der Waals surface area (Å²) in [6, 6.07) is 10.7. The Balaban J connectivity index is 1.47. The predicted octanol–water partition coefficient (Wildman–Crippen LogP) is 1.57. The summed E-state index contributed by atoms with van der Waals surface area (Å²) < 4.78 is 19.0. The van der Waals surface area contributed by atoms with Gasteiger partial charge in [-0.25, -0.2) is 4.39 Å². The lowest BCUT2D eigenvalue weighted by Crippen LogP contribution is -2.51. The van der Waals surface area contributed by atoms with Gasteiger partial charge in [0.15, 0.2) is 0 Å². The number of ether oxygens (including phenoxy) is 1. The van der Waals surface area contributed by atoms with Crippen LogP contribution in [0.1, 0.15) is 35.3 Å². The van der Waals surface area contributed by atoms with Gasteiger partial charge in [0.1, 0.15) is 17.6 Å².